The molecule has 1 aliphatic heterocycles. The van der Waals surface area contributed by atoms with Crippen molar-refractivity contribution in [3.8, 4) is 0 Å². The minimum atomic E-state index is -0.436. The number of benzene rings is 2. The van der Waals surface area contributed by atoms with Crippen molar-refractivity contribution in [1.29, 1.82) is 0 Å². The number of hydrogen-bond acceptors (Lipinski definition) is 2. The highest BCUT2D eigenvalue weighted by molar-refractivity contribution is 6.03. The Kier molecular flexibility index (Phi) is 4.60. The predicted octanol–water partition coefficient (Wildman–Crippen LogP) is 3.16. The molecular formula is C19H19FN2O2. The zero-order valence-corrected chi connectivity index (χ0v) is 13.5. The number of aryl methyl sites for hydroxylation is 1. The molecule has 3 rings (SSSR count). The van der Waals surface area contributed by atoms with Gasteiger partial charge in [0.2, 0.25) is 11.8 Å². The van der Waals surface area contributed by atoms with Gasteiger partial charge in [0, 0.05) is 24.8 Å². The quantitative estimate of drug-likeness (QED) is 0.869. The van der Waals surface area contributed by atoms with Crippen molar-refractivity contribution in [3.05, 3.63) is 59.9 Å². The van der Waals surface area contributed by atoms with Crippen LogP contribution >= 0.6 is 0 Å². The molecule has 0 fully saturated rings. The van der Waals surface area contributed by atoms with Crippen molar-refractivity contribution in [3.63, 3.8) is 0 Å². The lowest BCUT2D eigenvalue weighted by molar-refractivity contribution is -0.121. The number of anilines is 2. The van der Waals surface area contributed by atoms with Crippen LogP contribution in [-0.2, 0) is 16.0 Å². The summed E-state index contributed by atoms with van der Waals surface area (Å²) in [7, 11) is 0. The third-order valence-corrected chi connectivity index (χ3v) is 4.20. The lowest BCUT2D eigenvalue weighted by Gasteiger charge is -2.31. The van der Waals surface area contributed by atoms with E-state index >= 15 is 0 Å². The van der Waals surface area contributed by atoms with Crippen LogP contribution < -0.4 is 9.80 Å². The van der Waals surface area contributed by atoms with E-state index in [1.807, 2.05) is 24.3 Å². The summed E-state index contributed by atoms with van der Waals surface area (Å²) in [5.74, 6) is -0.893. The predicted molar refractivity (Wildman–Crippen MR) is 91.5 cm³/mol. The van der Waals surface area contributed by atoms with Crippen LogP contribution in [0.4, 0.5) is 15.8 Å². The number of carbonyl (C=O) groups excluding carboxylic acids is 2. The van der Waals surface area contributed by atoms with Crippen molar-refractivity contribution >= 4 is 23.2 Å². The van der Waals surface area contributed by atoms with Crippen LogP contribution in [-0.4, -0.2) is 24.9 Å². The maximum Gasteiger partial charge on any atom is 0.247 e. The van der Waals surface area contributed by atoms with Crippen LogP contribution in [0.2, 0.25) is 0 Å². The Morgan fingerprint density at radius 1 is 1.17 bits per heavy atom. The van der Waals surface area contributed by atoms with Gasteiger partial charge in [0.15, 0.2) is 0 Å². The van der Waals surface area contributed by atoms with Crippen LogP contribution in [0.3, 0.4) is 0 Å². The fourth-order valence-electron chi connectivity index (χ4n) is 3.04. The number of para-hydroxylation sites is 1. The number of hydrogen-bond donors (Lipinski definition) is 0. The molecule has 5 heteroatoms. The molecule has 0 N–H and O–H groups in total. The summed E-state index contributed by atoms with van der Waals surface area (Å²) < 4.78 is 13.4. The molecule has 1 heterocycles. The van der Waals surface area contributed by atoms with E-state index in [0.29, 0.717) is 12.2 Å². The molecule has 0 atom stereocenters. The van der Waals surface area contributed by atoms with Crippen molar-refractivity contribution in [2.45, 2.75) is 19.8 Å². The molecule has 0 aliphatic carbocycles. The lowest BCUT2D eigenvalue weighted by Crippen LogP contribution is -2.44. The van der Waals surface area contributed by atoms with Crippen molar-refractivity contribution in [1.82, 2.24) is 0 Å². The third kappa shape index (κ3) is 3.30. The van der Waals surface area contributed by atoms with Crippen molar-refractivity contribution in [2.75, 3.05) is 22.9 Å². The summed E-state index contributed by atoms with van der Waals surface area (Å²) in [6.45, 7) is 1.90. The molecule has 2 aromatic carbocycles. The van der Waals surface area contributed by atoms with Gasteiger partial charge in [-0.1, -0.05) is 24.3 Å². The van der Waals surface area contributed by atoms with E-state index < -0.39 is 5.82 Å². The summed E-state index contributed by atoms with van der Waals surface area (Å²) in [6.07, 6.45) is 1.84. The second-order valence-electron chi connectivity index (χ2n) is 5.86. The number of fused-ring (bicyclic) bond motifs is 1. The second kappa shape index (κ2) is 6.83. The highest BCUT2D eigenvalue weighted by Gasteiger charge is 2.25. The summed E-state index contributed by atoms with van der Waals surface area (Å²) in [4.78, 5) is 27.7. The molecule has 2 amide bonds. The molecule has 0 aromatic heterocycles. The second-order valence-corrected chi connectivity index (χ2v) is 5.86. The number of nitrogens with zero attached hydrogens (tertiary/aromatic N) is 2. The standard InChI is InChI=1S/C19H19FN2O2/c1-14(23)22(17-9-4-8-16(20)12-17)13-19(24)21-11-5-7-15-6-2-3-10-18(15)21/h2-4,6,8-10,12H,5,7,11,13H2,1H3. The maximum atomic E-state index is 13.4. The lowest BCUT2D eigenvalue weighted by atomic mass is 10.0. The fraction of sp³-hybridized carbons (Fsp3) is 0.263. The SMILES string of the molecule is CC(=O)N(CC(=O)N1CCCc2ccccc21)c1cccc(F)c1. The minimum absolute atomic E-state index is 0.104. The first kappa shape index (κ1) is 16.2. The molecule has 0 radical (unpaired) electrons. The molecule has 124 valence electrons. The van der Waals surface area contributed by atoms with Crippen LogP contribution in [0.25, 0.3) is 0 Å². The van der Waals surface area contributed by atoms with Crippen molar-refractivity contribution in [2.24, 2.45) is 0 Å². The topological polar surface area (TPSA) is 40.6 Å². The Labute approximate surface area is 140 Å². The van der Waals surface area contributed by atoms with Gasteiger partial charge in [-0.25, -0.2) is 4.39 Å². The van der Waals surface area contributed by atoms with E-state index in [1.54, 1.807) is 11.0 Å². The molecule has 0 saturated heterocycles. The van der Waals surface area contributed by atoms with Gasteiger partial charge in [-0.2, -0.15) is 0 Å². The number of halogens is 1. The van der Waals surface area contributed by atoms with Crippen LogP contribution in [0.15, 0.2) is 48.5 Å². The first-order valence-corrected chi connectivity index (χ1v) is 7.98. The largest absolute Gasteiger partial charge is 0.311 e. The molecule has 24 heavy (non-hydrogen) atoms. The van der Waals surface area contributed by atoms with E-state index in [2.05, 4.69) is 0 Å². The number of rotatable bonds is 3. The summed E-state index contributed by atoms with van der Waals surface area (Å²) in [6, 6.07) is 13.5. The van der Waals surface area contributed by atoms with Gasteiger partial charge >= 0.3 is 0 Å². The highest BCUT2D eigenvalue weighted by Crippen LogP contribution is 2.27. The Morgan fingerprint density at radius 3 is 2.71 bits per heavy atom. The van der Waals surface area contributed by atoms with E-state index in [0.717, 1.165) is 24.1 Å². The normalized spacial score (nSPS) is 13.3. The van der Waals surface area contributed by atoms with Gasteiger partial charge < -0.3 is 9.80 Å². The maximum absolute atomic E-state index is 13.4. The van der Waals surface area contributed by atoms with Gasteiger partial charge in [-0.05, 0) is 42.7 Å². The van der Waals surface area contributed by atoms with Gasteiger partial charge in [0.05, 0.1) is 0 Å². The fourth-order valence-corrected chi connectivity index (χ4v) is 3.04. The Morgan fingerprint density at radius 2 is 1.96 bits per heavy atom. The van der Waals surface area contributed by atoms with Crippen LogP contribution in [0, 0.1) is 5.82 Å². The number of carbonyl (C=O) groups is 2. The van der Waals surface area contributed by atoms with Gasteiger partial charge in [-0.3, -0.25) is 9.59 Å². The van der Waals surface area contributed by atoms with E-state index in [4.69, 9.17) is 0 Å². The first-order valence-electron chi connectivity index (χ1n) is 7.98. The van der Waals surface area contributed by atoms with Crippen LogP contribution in [0.1, 0.15) is 18.9 Å². The van der Waals surface area contributed by atoms with E-state index in [-0.39, 0.29) is 18.4 Å². The monoisotopic (exact) mass is 326 g/mol. The molecule has 1 aliphatic rings. The average molecular weight is 326 g/mol. The summed E-state index contributed by atoms with van der Waals surface area (Å²) in [5, 5.41) is 0. The molecule has 0 bridgehead atoms. The molecule has 4 nitrogen and oxygen atoms in total. The average Bonchev–Trinajstić information content (AvgIpc) is 2.58. The van der Waals surface area contributed by atoms with Crippen molar-refractivity contribution < 1.29 is 14.0 Å². The number of amides is 2. The molecule has 2 aromatic rings. The van der Waals surface area contributed by atoms with E-state index in [1.165, 1.54) is 30.0 Å². The first-order chi connectivity index (χ1) is 11.6. The van der Waals surface area contributed by atoms with Gasteiger partial charge in [0.1, 0.15) is 12.4 Å². The smallest absolute Gasteiger partial charge is 0.247 e. The van der Waals surface area contributed by atoms with Crippen LogP contribution in [0.5, 0.6) is 0 Å². The molecular weight excluding hydrogens is 307 g/mol. The van der Waals surface area contributed by atoms with Gasteiger partial charge in [0.25, 0.3) is 0 Å². The zero-order chi connectivity index (χ0) is 17.1. The Balaban J connectivity index is 1.84. The zero-order valence-electron chi connectivity index (χ0n) is 13.5. The Bertz CT molecular complexity index is 775. The summed E-state index contributed by atoms with van der Waals surface area (Å²) >= 11 is 0. The molecule has 0 saturated carbocycles. The Hall–Kier alpha value is -2.69. The molecule has 0 spiro atoms. The summed E-state index contributed by atoms with van der Waals surface area (Å²) in [5.41, 5.74) is 2.43. The van der Waals surface area contributed by atoms with Gasteiger partial charge in [-0.15, -0.1) is 0 Å². The minimum Gasteiger partial charge on any atom is -0.311 e. The molecule has 0 unspecified atom stereocenters. The highest BCUT2D eigenvalue weighted by atomic mass is 19.1. The van der Waals surface area contributed by atoms with E-state index in [9.17, 15) is 14.0 Å². The third-order valence-electron chi connectivity index (χ3n) is 4.20.